The molecule has 11 heteroatoms. The molecule has 2 aliphatic heterocycles. The third kappa shape index (κ3) is 6.40. The third-order valence-electron chi connectivity index (χ3n) is 7.20. The Morgan fingerprint density at radius 2 is 1.79 bits per heavy atom. The Labute approximate surface area is 240 Å². The number of hydrogen-bond acceptors (Lipinski definition) is 6. The fourth-order valence-electron chi connectivity index (χ4n) is 4.98. The average Bonchev–Trinajstić information content (AvgIpc) is 3.35. The summed E-state index contributed by atoms with van der Waals surface area (Å²) in [5.41, 5.74) is -0.132. The lowest BCUT2D eigenvalue weighted by Crippen LogP contribution is -2.40. The molecule has 2 N–H and O–H groups in total. The lowest BCUT2D eigenvalue weighted by molar-refractivity contribution is -0.138. The number of fused-ring (bicyclic) bond motifs is 1. The SMILES string of the molecule is CC1CCN2CC(N(Cc3cc(C(F)(F)F)c(O)cc3C(=O)Nc3ccccc3)C(=O)OCc3ccccc3)=CN=C12. The molecule has 3 aromatic carbocycles. The molecule has 0 bridgehead atoms. The summed E-state index contributed by atoms with van der Waals surface area (Å²) in [4.78, 5) is 34.5. The first kappa shape index (κ1) is 28.7. The Morgan fingerprint density at radius 3 is 2.48 bits per heavy atom. The topological polar surface area (TPSA) is 94.5 Å². The van der Waals surface area contributed by atoms with E-state index in [1.165, 1.54) is 11.1 Å². The maximum Gasteiger partial charge on any atom is 0.419 e. The number of phenolic OH excluding ortho intramolecular Hbond substituents is 1. The van der Waals surface area contributed by atoms with Crippen LogP contribution in [-0.4, -0.2) is 45.8 Å². The molecule has 0 aromatic heterocycles. The number of nitrogens with one attached hydrogen (secondary N) is 1. The number of phenols is 1. The maximum atomic E-state index is 13.8. The second kappa shape index (κ2) is 12.0. The molecule has 2 aliphatic rings. The molecule has 2 amide bonds. The first-order valence-corrected chi connectivity index (χ1v) is 13.4. The normalized spacial score (nSPS) is 16.3. The molecule has 42 heavy (non-hydrogen) atoms. The summed E-state index contributed by atoms with van der Waals surface area (Å²) in [5.74, 6) is -0.728. The van der Waals surface area contributed by atoms with Crippen LogP contribution in [0, 0.1) is 5.92 Å². The molecular formula is C31H29F3N4O4. The minimum absolute atomic E-state index is 0.0660. The van der Waals surface area contributed by atoms with Crippen molar-refractivity contribution < 1.29 is 32.6 Å². The monoisotopic (exact) mass is 578 g/mol. The fourth-order valence-corrected chi connectivity index (χ4v) is 4.98. The molecule has 218 valence electrons. The van der Waals surface area contributed by atoms with Crippen LogP contribution in [0.15, 0.2) is 89.7 Å². The van der Waals surface area contributed by atoms with Crippen LogP contribution < -0.4 is 5.32 Å². The minimum Gasteiger partial charge on any atom is -0.507 e. The number of anilines is 1. The molecule has 8 nitrogen and oxygen atoms in total. The van der Waals surface area contributed by atoms with Crippen molar-refractivity contribution in [3.63, 3.8) is 0 Å². The Bertz CT molecular complexity index is 1520. The van der Waals surface area contributed by atoms with Gasteiger partial charge < -0.3 is 20.1 Å². The van der Waals surface area contributed by atoms with Gasteiger partial charge in [-0.3, -0.25) is 9.69 Å². The van der Waals surface area contributed by atoms with Crippen molar-refractivity contribution in [3.05, 3.63) is 107 Å². The molecule has 3 aromatic rings. The second-order valence-corrected chi connectivity index (χ2v) is 10.2. The zero-order valence-corrected chi connectivity index (χ0v) is 22.8. The Kier molecular flexibility index (Phi) is 8.19. The molecule has 0 radical (unpaired) electrons. The van der Waals surface area contributed by atoms with Gasteiger partial charge in [-0.1, -0.05) is 55.5 Å². The molecule has 1 atom stereocenters. The number of rotatable bonds is 7. The van der Waals surface area contributed by atoms with Crippen molar-refractivity contribution in [1.82, 2.24) is 9.80 Å². The second-order valence-electron chi connectivity index (χ2n) is 10.2. The van der Waals surface area contributed by atoms with Crippen LogP contribution in [-0.2, 0) is 24.1 Å². The molecule has 0 spiro atoms. The number of carbonyl (C=O) groups is 2. The van der Waals surface area contributed by atoms with Gasteiger partial charge in [0, 0.05) is 23.7 Å². The van der Waals surface area contributed by atoms with Crippen LogP contribution in [0.2, 0.25) is 0 Å². The molecular weight excluding hydrogens is 549 g/mol. The number of carbonyl (C=O) groups excluding carboxylic acids is 2. The quantitative estimate of drug-likeness (QED) is 0.339. The van der Waals surface area contributed by atoms with Crippen molar-refractivity contribution in [2.75, 3.05) is 18.4 Å². The van der Waals surface area contributed by atoms with E-state index in [4.69, 9.17) is 4.74 Å². The molecule has 0 aliphatic carbocycles. The molecule has 1 saturated heterocycles. The van der Waals surface area contributed by atoms with Gasteiger partial charge in [0.1, 0.15) is 18.2 Å². The highest BCUT2D eigenvalue weighted by Crippen LogP contribution is 2.38. The Balaban J connectivity index is 1.52. The highest BCUT2D eigenvalue weighted by Gasteiger charge is 2.37. The van der Waals surface area contributed by atoms with E-state index in [0.29, 0.717) is 30.5 Å². The molecule has 1 fully saturated rings. The van der Waals surface area contributed by atoms with Crippen LogP contribution in [0.3, 0.4) is 0 Å². The summed E-state index contributed by atoms with van der Waals surface area (Å²) in [7, 11) is 0. The van der Waals surface area contributed by atoms with Crippen LogP contribution in [0.4, 0.5) is 23.7 Å². The summed E-state index contributed by atoms with van der Waals surface area (Å²) < 4.78 is 47.1. The van der Waals surface area contributed by atoms with Gasteiger partial charge in [-0.2, -0.15) is 13.2 Å². The van der Waals surface area contributed by atoms with E-state index in [9.17, 15) is 27.9 Å². The summed E-state index contributed by atoms with van der Waals surface area (Å²) in [6, 6.07) is 18.8. The van der Waals surface area contributed by atoms with E-state index in [1.54, 1.807) is 54.6 Å². The first-order valence-electron chi connectivity index (χ1n) is 13.4. The van der Waals surface area contributed by atoms with E-state index in [1.807, 2.05) is 11.0 Å². The smallest absolute Gasteiger partial charge is 0.419 e. The predicted molar refractivity (Wildman–Crippen MR) is 151 cm³/mol. The van der Waals surface area contributed by atoms with Crippen molar-refractivity contribution in [2.24, 2.45) is 10.9 Å². The van der Waals surface area contributed by atoms with Gasteiger partial charge >= 0.3 is 12.3 Å². The number of amidine groups is 1. The number of amides is 2. The van der Waals surface area contributed by atoms with Crippen LogP contribution >= 0.6 is 0 Å². The van der Waals surface area contributed by atoms with E-state index in [-0.39, 0.29) is 23.7 Å². The number of aliphatic imine (C=N–C) groups is 1. The maximum absolute atomic E-state index is 13.8. The van der Waals surface area contributed by atoms with Gasteiger partial charge in [0.05, 0.1) is 30.5 Å². The number of alkyl halides is 3. The van der Waals surface area contributed by atoms with E-state index < -0.39 is 36.0 Å². The number of hydrogen-bond donors (Lipinski definition) is 2. The highest BCUT2D eigenvalue weighted by molar-refractivity contribution is 6.05. The van der Waals surface area contributed by atoms with Gasteiger partial charge in [-0.25, -0.2) is 9.79 Å². The van der Waals surface area contributed by atoms with Gasteiger partial charge in [-0.05, 0) is 41.8 Å². The third-order valence-corrected chi connectivity index (χ3v) is 7.20. The Morgan fingerprint density at radius 1 is 1.10 bits per heavy atom. The molecule has 0 saturated carbocycles. The van der Waals surface area contributed by atoms with Crippen LogP contribution in [0.5, 0.6) is 5.75 Å². The lowest BCUT2D eigenvalue weighted by Gasteiger charge is -2.32. The average molecular weight is 579 g/mol. The van der Waals surface area contributed by atoms with E-state index in [0.717, 1.165) is 23.9 Å². The molecule has 2 heterocycles. The number of nitrogens with zero attached hydrogens (tertiary/aromatic N) is 3. The number of aromatic hydroxyl groups is 1. The number of para-hydroxylation sites is 1. The predicted octanol–water partition coefficient (Wildman–Crippen LogP) is 6.40. The van der Waals surface area contributed by atoms with Gasteiger partial charge in [0.15, 0.2) is 0 Å². The Hall–Kier alpha value is -4.80. The van der Waals surface area contributed by atoms with E-state index >= 15 is 0 Å². The highest BCUT2D eigenvalue weighted by atomic mass is 19.4. The minimum atomic E-state index is -4.90. The van der Waals surface area contributed by atoms with Crippen LogP contribution in [0.25, 0.3) is 0 Å². The van der Waals surface area contributed by atoms with Crippen LogP contribution in [0.1, 0.15) is 40.4 Å². The van der Waals surface area contributed by atoms with Gasteiger partial charge in [0.25, 0.3) is 5.91 Å². The van der Waals surface area contributed by atoms with Gasteiger partial charge in [-0.15, -0.1) is 0 Å². The standard InChI is InChI=1S/C31H29F3N4O4/c1-20-12-13-37-18-24(16-35-28(20)37)38(30(41)42-19-21-8-4-2-5-9-21)17-22-14-26(31(32,33)34)27(39)15-25(22)29(40)36-23-10-6-3-7-11-23/h2-11,14-16,20,39H,12-13,17-19H2,1H3,(H,36,40). The largest absolute Gasteiger partial charge is 0.507 e. The van der Waals surface area contributed by atoms with Crippen molar-refractivity contribution in [2.45, 2.75) is 32.7 Å². The fraction of sp³-hybridized carbons (Fsp3) is 0.258. The van der Waals surface area contributed by atoms with Crippen molar-refractivity contribution in [1.29, 1.82) is 0 Å². The summed E-state index contributed by atoms with van der Waals surface area (Å²) in [6.45, 7) is 2.56. The first-order chi connectivity index (χ1) is 20.1. The zero-order chi connectivity index (χ0) is 29.9. The lowest BCUT2D eigenvalue weighted by atomic mass is 10.0. The number of halogens is 3. The summed E-state index contributed by atoms with van der Waals surface area (Å²) in [5, 5.41) is 12.9. The molecule has 5 rings (SSSR count). The molecule has 1 unspecified atom stereocenters. The summed E-state index contributed by atoms with van der Waals surface area (Å²) in [6.07, 6.45) is -3.31. The van der Waals surface area contributed by atoms with E-state index in [2.05, 4.69) is 17.2 Å². The van der Waals surface area contributed by atoms with Crippen molar-refractivity contribution in [3.8, 4) is 5.75 Å². The summed E-state index contributed by atoms with van der Waals surface area (Å²) >= 11 is 0. The van der Waals surface area contributed by atoms with Crippen molar-refractivity contribution >= 4 is 23.5 Å². The number of benzene rings is 3. The van der Waals surface area contributed by atoms with Gasteiger partial charge in [0.2, 0.25) is 0 Å². The zero-order valence-electron chi connectivity index (χ0n) is 22.8. The number of ether oxygens (including phenoxy) is 1.